The number of ether oxygens (including phenoxy) is 1. The van der Waals surface area contributed by atoms with Gasteiger partial charge in [0, 0.05) is 48.2 Å². The summed E-state index contributed by atoms with van der Waals surface area (Å²) in [6.07, 6.45) is 2.13. The van der Waals surface area contributed by atoms with Crippen molar-refractivity contribution in [3.63, 3.8) is 0 Å². The predicted molar refractivity (Wildman–Crippen MR) is 178 cm³/mol. The van der Waals surface area contributed by atoms with Crippen LogP contribution in [0.5, 0.6) is 0 Å². The highest BCUT2D eigenvalue weighted by Crippen LogP contribution is 2.40. The number of fused-ring (bicyclic) bond motifs is 1. The maximum Gasteiger partial charge on any atom is 0.168 e. The van der Waals surface area contributed by atoms with Crippen LogP contribution in [0.15, 0.2) is 60.7 Å². The molecule has 7 heteroatoms. The molecule has 1 aromatic heterocycles. The summed E-state index contributed by atoms with van der Waals surface area (Å²) in [5, 5.41) is 1.68. The Balaban J connectivity index is 0.000000351. The van der Waals surface area contributed by atoms with Crippen LogP contribution in [0.3, 0.4) is 0 Å². The maximum atomic E-state index is 11.6. The standard InChI is InChI=1S/C29H27ClN2O2.C7H16N2/c1-19-15-27-29(25(16-23(18-33)31-27)24-5-3-4-6-26(24)30)20(2)28(19)22-9-7-21(8-10-22)17-32-11-13-34-14-12-32;1-8(2)7-4-5-9(3)6-7/h3-10,15-16,18H,11-14,17H2,1-2H3;7H,4-6H2,1-3H3. The van der Waals surface area contributed by atoms with Gasteiger partial charge in [0.25, 0.3) is 0 Å². The van der Waals surface area contributed by atoms with Gasteiger partial charge in [-0.2, -0.15) is 0 Å². The Kier molecular flexibility index (Phi) is 10.3. The van der Waals surface area contributed by atoms with E-state index >= 15 is 0 Å². The van der Waals surface area contributed by atoms with E-state index in [-0.39, 0.29) is 0 Å². The maximum absolute atomic E-state index is 11.6. The molecule has 0 amide bonds. The summed E-state index contributed by atoms with van der Waals surface area (Å²) in [7, 11) is 6.50. The molecule has 2 aliphatic heterocycles. The lowest BCUT2D eigenvalue weighted by atomic mass is 9.88. The van der Waals surface area contributed by atoms with Gasteiger partial charge in [-0.25, -0.2) is 4.98 Å². The molecule has 2 saturated heterocycles. The molecule has 1 atom stereocenters. The predicted octanol–water partition coefficient (Wildman–Crippen LogP) is 6.74. The Morgan fingerprint density at radius 2 is 1.72 bits per heavy atom. The van der Waals surface area contributed by atoms with E-state index in [1.165, 1.54) is 36.2 Å². The fourth-order valence-corrected chi connectivity index (χ4v) is 6.54. The lowest BCUT2D eigenvalue weighted by Crippen LogP contribution is -2.35. The van der Waals surface area contributed by atoms with Gasteiger partial charge in [-0.05, 0) is 99.5 Å². The minimum Gasteiger partial charge on any atom is -0.379 e. The van der Waals surface area contributed by atoms with Gasteiger partial charge in [0.15, 0.2) is 6.29 Å². The first-order valence-electron chi connectivity index (χ1n) is 15.1. The number of nitrogens with zero attached hydrogens (tertiary/aromatic N) is 4. The molecular weight excluding hydrogens is 556 g/mol. The lowest BCUT2D eigenvalue weighted by molar-refractivity contribution is 0.0342. The number of aryl methyl sites for hydroxylation is 2. The third kappa shape index (κ3) is 7.34. The number of halogens is 1. The highest BCUT2D eigenvalue weighted by Gasteiger charge is 2.20. The van der Waals surface area contributed by atoms with Crippen LogP contribution < -0.4 is 0 Å². The van der Waals surface area contributed by atoms with E-state index in [2.05, 4.69) is 85.0 Å². The summed E-state index contributed by atoms with van der Waals surface area (Å²) in [6.45, 7) is 11.3. The summed E-state index contributed by atoms with van der Waals surface area (Å²) in [5.41, 5.74) is 8.98. The topological polar surface area (TPSA) is 48.9 Å². The molecule has 226 valence electrons. The second-order valence-electron chi connectivity index (χ2n) is 12.0. The third-order valence-corrected chi connectivity index (χ3v) is 9.03. The molecule has 6 nitrogen and oxygen atoms in total. The highest BCUT2D eigenvalue weighted by molar-refractivity contribution is 6.33. The van der Waals surface area contributed by atoms with Crippen LogP contribution >= 0.6 is 11.6 Å². The number of aromatic nitrogens is 1. The van der Waals surface area contributed by atoms with Gasteiger partial charge >= 0.3 is 0 Å². The normalized spacial score (nSPS) is 17.7. The zero-order valence-electron chi connectivity index (χ0n) is 26.1. The number of likely N-dealkylation sites (tertiary alicyclic amines) is 1. The Morgan fingerprint density at radius 3 is 2.33 bits per heavy atom. The van der Waals surface area contributed by atoms with E-state index in [1.54, 1.807) is 0 Å². The van der Waals surface area contributed by atoms with Crippen LogP contribution in [0.25, 0.3) is 33.2 Å². The SMILES string of the molecule is CN1CCC(N(C)C)C1.Cc1cc2nc(C=O)cc(-c3ccccc3Cl)c2c(C)c1-c1ccc(CN2CCOCC2)cc1. The molecule has 43 heavy (non-hydrogen) atoms. The van der Waals surface area contributed by atoms with Gasteiger partial charge in [-0.1, -0.05) is 54.1 Å². The van der Waals surface area contributed by atoms with Gasteiger partial charge in [-0.3, -0.25) is 9.69 Å². The Labute approximate surface area is 261 Å². The number of hydrogen-bond acceptors (Lipinski definition) is 6. The molecule has 0 saturated carbocycles. The van der Waals surface area contributed by atoms with Crippen molar-refractivity contribution in [1.29, 1.82) is 0 Å². The number of morpholine rings is 1. The average molecular weight is 599 g/mol. The van der Waals surface area contributed by atoms with E-state index in [9.17, 15) is 4.79 Å². The van der Waals surface area contributed by atoms with Crippen molar-refractivity contribution in [2.75, 3.05) is 60.5 Å². The Hall–Kier alpha value is -3.13. The first kappa shape index (κ1) is 31.3. The highest BCUT2D eigenvalue weighted by atomic mass is 35.5. The Bertz CT molecular complexity index is 1560. The number of likely N-dealkylation sites (N-methyl/N-ethyl adjacent to an activating group) is 2. The van der Waals surface area contributed by atoms with Crippen LogP contribution in [-0.4, -0.2) is 92.5 Å². The molecule has 2 fully saturated rings. The molecule has 3 heterocycles. The van der Waals surface area contributed by atoms with E-state index in [1.807, 2.05) is 30.3 Å². The van der Waals surface area contributed by atoms with Crippen LogP contribution in [-0.2, 0) is 11.3 Å². The summed E-state index contributed by atoms with van der Waals surface area (Å²) >= 11 is 6.57. The van der Waals surface area contributed by atoms with Crippen molar-refractivity contribution < 1.29 is 9.53 Å². The minimum atomic E-state index is 0.404. The van der Waals surface area contributed by atoms with E-state index in [4.69, 9.17) is 16.3 Å². The van der Waals surface area contributed by atoms with Crippen molar-refractivity contribution in [2.45, 2.75) is 32.9 Å². The number of rotatable bonds is 6. The second kappa shape index (κ2) is 14.1. The number of benzene rings is 3. The lowest BCUT2D eigenvalue weighted by Gasteiger charge is -2.26. The van der Waals surface area contributed by atoms with E-state index in [0.29, 0.717) is 10.7 Å². The summed E-state index contributed by atoms with van der Waals surface area (Å²) in [5.74, 6) is 0. The number of pyridine rings is 1. The molecule has 0 bridgehead atoms. The second-order valence-corrected chi connectivity index (χ2v) is 12.4. The van der Waals surface area contributed by atoms with E-state index < -0.39 is 0 Å². The molecular formula is C36H43ClN4O2. The zero-order valence-corrected chi connectivity index (χ0v) is 26.8. The number of carbonyl (C=O) groups excluding carboxylic acids is 1. The van der Waals surface area contributed by atoms with Crippen LogP contribution in [0.4, 0.5) is 0 Å². The molecule has 0 aliphatic carbocycles. The Morgan fingerprint density at radius 1 is 1.00 bits per heavy atom. The fourth-order valence-electron chi connectivity index (χ4n) is 6.31. The van der Waals surface area contributed by atoms with Gasteiger partial charge in [0.1, 0.15) is 5.69 Å². The molecule has 3 aromatic carbocycles. The average Bonchev–Trinajstić information content (AvgIpc) is 3.45. The quantitative estimate of drug-likeness (QED) is 0.229. The summed E-state index contributed by atoms with van der Waals surface area (Å²) in [6, 6.07) is 21.3. The van der Waals surface area contributed by atoms with Gasteiger partial charge < -0.3 is 14.5 Å². The number of aldehydes is 1. The fraction of sp³-hybridized carbons (Fsp3) is 0.389. The molecule has 0 spiro atoms. The van der Waals surface area contributed by atoms with Crippen molar-refractivity contribution in [1.82, 2.24) is 19.7 Å². The molecule has 2 aliphatic rings. The van der Waals surface area contributed by atoms with Crippen molar-refractivity contribution in [3.8, 4) is 22.3 Å². The van der Waals surface area contributed by atoms with E-state index in [0.717, 1.165) is 78.3 Å². The first-order chi connectivity index (χ1) is 20.7. The van der Waals surface area contributed by atoms with Crippen LogP contribution in [0.1, 0.15) is 33.6 Å². The van der Waals surface area contributed by atoms with Crippen molar-refractivity contribution >= 4 is 28.8 Å². The largest absolute Gasteiger partial charge is 0.379 e. The smallest absolute Gasteiger partial charge is 0.168 e. The van der Waals surface area contributed by atoms with Gasteiger partial charge in [0.05, 0.1) is 18.7 Å². The third-order valence-electron chi connectivity index (χ3n) is 8.70. The van der Waals surface area contributed by atoms with Gasteiger partial charge in [-0.15, -0.1) is 0 Å². The van der Waals surface area contributed by atoms with Crippen molar-refractivity contribution in [2.24, 2.45) is 0 Å². The first-order valence-corrected chi connectivity index (χ1v) is 15.5. The molecule has 1 unspecified atom stereocenters. The van der Waals surface area contributed by atoms with Crippen molar-refractivity contribution in [3.05, 3.63) is 88.1 Å². The monoisotopic (exact) mass is 598 g/mol. The zero-order chi connectivity index (χ0) is 30.5. The molecule has 4 aromatic rings. The van der Waals surface area contributed by atoms with Crippen LogP contribution in [0.2, 0.25) is 5.02 Å². The summed E-state index contributed by atoms with van der Waals surface area (Å²) in [4.78, 5) is 23.4. The number of hydrogen-bond donors (Lipinski definition) is 0. The summed E-state index contributed by atoms with van der Waals surface area (Å²) < 4.78 is 5.46. The minimum absolute atomic E-state index is 0.404. The molecule has 6 rings (SSSR count). The number of carbonyl (C=O) groups is 1. The van der Waals surface area contributed by atoms with Crippen LogP contribution in [0, 0.1) is 13.8 Å². The molecule has 0 N–H and O–H groups in total. The van der Waals surface area contributed by atoms with Gasteiger partial charge in [0.2, 0.25) is 0 Å². The molecule has 0 radical (unpaired) electrons.